The number of aliphatic hydroxyl groups excluding tert-OH is 1. The maximum absolute atomic E-state index is 12.2. The number of amides is 1. The highest BCUT2D eigenvalue weighted by molar-refractivity contribution is 5.93. The maximum Gasteiger partial charge on any atom is 0.227 e. The van der Waals surface area contributed by atoms with Crippen LogP contribution >= 0.6 is 0 Å². The van der Waals surface area contributed by atoms with Gasteiger partial charge < -0.3 is 10.0 Å². The highest BCUT2D eigenvalue weighted by Crippen LogP contribution is 2.15. The van der Waals surface area contributed by atoms with Gasteiger partial charge in [0.25, 0.3) is 0 Å². The molecule has 106 valence electrons. The molecule has 0 spiro atoms. The van der Waals surface area contributed by atoms with Crippen LogP contribution in [0.1, 0.15) is 45.4 Å². The quantitative estimate of drug-likeness (QED) is 0.694. The number of carbonyl (C=O) groups is 1. The van der Waals surface area contributed by atoms with Gasteiger partial charge in [0, 0.05) is 18.7 Å². The summed E-state index contributed by atoms with van der Waals surface area (Å²) in [6.45, 7) is 2.55. The zero-order valence-corrected chi connectivity index (χ0v) is 11.8. The number of aliphatic hydroxyl groups is 1. The van der Waals surface area contributed by atoms with E-state index in [0.29, 0.717) is 13.0 Å². The average molecular weight is 263 g/mol. The van der Waals surface area contributed by atoms with Gasteiger partial charge in [0.2, 0.25) is 5.91 Å². The van der Waals surface area contributed by atoms with Crippen molar-refractivity contribution in [3.05, 3.63) is 30.3 Å². The number of hydrogen-bond acceptors (Lipinski definition) is 2. The Morgan fingerprint density at radius 2 is 1.79 bits per heavy atom. The minimum atomic E-state index is -0.00350. The molecule has 3 heteroatoms. The summed E-state index contributed by atoms with van der Waals surface area (Å²) in [7, 11) is 0. The molecule has 0 bridgehead atoms. The minimum absolute atomic E-state index is 0.00350. The summed E-state index contributed by atoms with van der Waals surface area (Å²) in [4.78, 5) is 13.9. The summed E-state index contributed by atoms with van der Waals surface area (Å²) in [5.74, 6) is 0.108. The second-order valence-electron chi connectivity index (χ2n) is 4.77. The number of carbonyl (C=O) groups excluding carboxylic acids is 1. The Bertz CT molecular complexity index is 351. The van der Waals surface area contributed by atoms with Crippen molar-refractivity contribution in [3.63, 3.8) is 0 Å². The predicted octanol–water partition coefficient (Wildman–Crippen LogP) is 3.37. The lowest BCUT2D eigenvalue weighted by atomic mass is 10.1. The third kappa shape index (κ3) is 5.88. The maximum atomic E-state index is 12.2. The van der Waals surface area contributed by atoms with E-state index in [-0.39, 0.29) is 12.5 Å². The van der Waals surface area contributed by atoms with Crippen LogP contribution in [-0.2, 0) is 4.79 Å². The number of anilines is 1. The van der Waals surface area contributed by atoms with Crippen molar-refractivity contribution in [1.82, 2.24) is 0 Å². The van der Waals surface area contributed by atoms with Crippen molar-refractivity contribution < 1.29 is 9.90 Å². The van der Waals surface area contributed by atoms with Crippen molar-refractivity contribution in [1.29, 1.82) is 0 Å². The van der Waals surface area contributed by atoms with Gasteiger partial charge in [-0.1, -0.05) is 50.8 Å². The van der Waals surface area contributed by atoms with Gasteiger partial charge >= 0.3 is 0 Å². The molecule has 0 saturated carbocycles. The number of benzene rings is 1. The summed E-state index contributed by atoms with van der Waals surface area (Å²) < 4.78 is 0. The average Bonchev–Trinajstić information content (AvgIpc) is 2.45. The van der Waals surface area contributed by atoms with Gasteiger partial charge in [-0.15, -0.1) is 0 Å². The fraction of sp³-hybridized carbons (Fsp3) is 0.562. The van der Waals surface area contributed by atoms with E-state index in [1.165, 1.54) is 19.3 Å². The van der Waals surface area contributed by atoms with E-state index in [2.05, 4.69) is 6.92 Å². The molecule has 0 atom stereocenters. The predicted molar refractivity (Wildman–Crippen MR) is 79.3 cm³/mol. The van der Waals surface area contributed by atoms with Crippen LogP contribution in [0.2, 0.25) is 0 Å². The van der Waals surface area contributed by atoms with Crippen molar-refractivity contribution in [2.45, 2.75) is 45.4 Å². The monoisotopic (exact) mass is 263 g/mol. The van der Waals surface area contributed by atoms with E-state index >= 15 is 0 Å². The van der Waals surface area contributed by atoms with E-state index in [4.69, 9.17) is 5.11 Å². The topological polar surface area (TPSA) is 40.5 Å². The first-order chi connectivity index (χ1) is 9.29. The first-order valence-corrected chi connectivity index (χ1v) is 7.26. The molecule has 3 nitrogen and oxygen atoms in total. The summed E-state index contributed by atoms with van der Waals surface area (Å²) in [6, 6.07) is 9.56. The number of hydrogen-bond donors (Lipinski definition) is 1. The second kappa shape index (κ2) is 9.56. The molecule has 1 aromatic rings. The van der Waals surface area contributed by atoms with Gasteiger partial charge in [0.15, 0.2) is 0 Å². The van der Waals surface area contributed by atoms with Gasteiger partial charge in [-0.2, -0.15) is 0 Å². The van der Waals surface area contributed by atoms with Gasteiger partial charge in [-0.3, -0.25) is 4.79 Å². The Labute approximate surface area is 116 Å². The minimum Gasteiger partial charge on any atom is -0.395 e. The Kier molecular flexibility index (Phi) is 7.91. The molecule has 0 aliphatic rings. The van der Waals surface area contributed by atoms with Crippen LogP contribution < -0.4 is 4.90 Å². The molecule has 1 rings (SSSR count). The lowest BCUT2D eigenvalue weighted by molar-refractivity contribution is -0.118. The largest absolute Gasteiger partial charge is 0.395 e. The van der Waals surface area contributed by atoms with E-state index in [1.54, 1.807) is 4.90 Å². The molecule has 0 radical (unpaired) electrons. The molecule has 1 N–H and O–H groups in total. The molecule has 0 heterocycles. The van der Waals surface area contributed by atoms with Crippen LogP contribution in [0.5, 0.6) is 0 Å². The summed E-state index contributed by atoms with van der Waals surface area (Å²) in [6.07, 6.45) is 6.28. The van der Waals surface area contributed by atoms with Gasteiger partial charge in [-0.05, 0) is 18.6 Å². The summed E-state index contributed by atoms with van der Waals surface area (Å²) >= 11 is 0. The highest BCUT2D eigenvalue weighted by Gasteiger charge is 2.14. The van der Waals surface area contributed by atoms with Crippen LogP contribution in [0.25, 0.3) is 0 Å². The Hall–Kier alpha value is -1.35. The molecule has 0 fully saturated rings. The lowest BCUT2D eigenvalue weighted by Crippen LogP contribution is -2.33. The fourth-order valence-electron chi connectivity index (χ4n) is 2.12. The Morgan fingerprint density at radius 3 is 2.42 bits per heavy atom. The van der Waals surface area contributed by atoms with Crippen molar-refractivity contribution in [2.75, 3.05) is 18.1 Å². The molecular weight excluding hydrogens is 238 g/mol. The molecule has 0 saturated heterocycles. The number of nitrogens with zero attached hydrogens (tertiary/aromatic N) is 1. The first-order valence-electron chi connectivity index (χ1n) is 7.26. The van der Waals surface area contributed by atoms with Crippen LogP contribution in [0.15, 0.2) is 30.3 Å². The van der Waals surface area contributed by atoms with E-state index in [1.807, 2.05) is 30.3 Å². The molecule has 0 aromatic heterocycles. The first kappa shape index (κ1) is 15.7. The Balaban J connectivity index is 2.45. The number of para-hydroxylation sites is 1. The zero-order chi connectivity index (χ0) is 13.9. The second-order valence-corrected chi connectivity index (χ2v) is 4.77. The van der Waals surface area contributed by atoms with E-state index in [0.717, 1.165) is 18.5 Å². The summed E-state index contributed by atoms with van der Waals surface area (Å²) in [5.41, 5.74) is 0.870. The van der Waals surface area contributed by atoms with Crippen molar-refractivity contribution in [2.24, 2.45) is 0 Å². The lowest BCUT2D eigenvalue weighted by Gasteiger charge is -2.21. The Morgan fingerprint density at radius 1 is 1.11 bits per heavy atom. The molecule has 0 aliphatic heterocycles. The molecule has 1 aromatic carbocycles. The molecule has 1 amide bonds. The van der Waals surface area contributed by atoms with Crippen LogP contribution in [0.4, 0.5) is 5.69 Å². The van der Waals surface area contributed by atoms with Crippen LogP contribution in [0, 0.1) is 0 Å². The van der Waals surface area contributed by atoms with Gasteiger partial charge in [0.1, 0.15) is 0 Å². The third-order valence-electron chi connectivity index (χ3n) is 3.19. The summed E-state index contributed by atoms with van der Waals surface area (Å²) in [5, 5.41) is 9.09. The highest BCUT2D eigenvalue weighted by atomic mass is 16.3. The van der Waals surface area contributed by atoms with Crippen LogP contribution in [-0.4, -0.2) is 24.2 Å². The third-order valence-corrected chi connectivity index (χ3v) is 3.19. The molecular formula is C16H25NO2. The zero-order valence-electron chi connectivity index (χ0n) is 11.8. The van der Waals surface area contributed by atoms with Crippen molar-refractivity contribution in [3.8, 4) is 0 Å². The van der Waals surface area contributed by atoms with Gasteiger partial charge in [0.05, 0.1) is 6.61 Å². The van der Waals surface area contributed by atoms with E-state index < -0.39 is 0 Å². The SMILES string of the molecule is CCCCCCCC(=O)N(CCO)c1ccccc1. The standard InChI is InChI=1S/C16H25NO2/c1-2-3-4-5-9-12-16(19)17(13-14-18)15-10-7-6-8-11-15/h6-8,10-11,18H,2-5,9,12-14H2,1H3. The fourth-order valence-corrected chi connectivity index (χ4v) is 2.12. The molecule has 0 unspecified atom stereocenters. The van der Waals surface area contributed by atoms with E-state index in [9.17, 15) is 4.79 Å². The molecule has 0 aliphatic carbocycles. The number of rotatable bonds is 9. The van der Waals surface area contributed by atoms with Crippen molar-refractivity contribution >= 4 is 11.6 Å². The smallest absolute Gasteiger partial charge is 0.227 e. The normalized spacial score (nSPS) is 10.4. The molecule has 19 heavy (non-hydrogen) atoms. The number of unbranched alkanes of at least 4 members (excludes halogenated alkanes) is 4. The van der Waals surface area contributed by atoms with Crippen LogP contribution in [0.3, 0.4) is 0 Å². The van der Waals surface area contributed by atoms with Gasteiger partial charge in [-0.25, -0.2) is 0 Å².